The Bertz CT molecular complexity index is 507. The first kappa shape index (κ1) is 15.4. The molecule has 2 atom stereocenters. The van der Waals surface area contributed by atoms with Crippen molar-refractivity contribution in [3.05, 3.63) is 29.8 Å². The molecule has 0 aliphatic heterocycles. The third-order valence-electron chi connectivity index (χ3n) is 2.34. The third kappa shape index (κ3) is 3.69. The molecule has 0 aliphatic carbocycles. The molecule has 0 heterocycles. The number of carbonyl (C=O) groups is 3. The summed E-state index contributed by atoms with van der Waals surface area (Å²) in [7, 11) is 1.43. The van der Waals surface area contributed by atoms with Crippen molar-refractivity contribution < 1.29 is 39.2 Å². The number of methoxy groups -OCH3 is 1. The van der Waals surface area contributed by atoms with Gasteiger partial charge in [-0.3, -0.25) is 0 Å². The first-order chi connectivity index (χ1) is 9.36. The monoisotopic (exact) mass is 284 g/mol. The van der Waals surface area contributed by atoms with Crippen LogP contribution in [0.4, 0.5) is 0 Å². The highest BCUT2D eigenvalue weighted by Gasteiger charge is 2.35. The molecule has 0 spiro atoms. The first-order valence-electron chi connectivity index (χ1n) is 5.35. The van der Waals surface area contributed by atoms with E-state index in [0.29, 0.717) is 5.75 Å². The van der Waals surface area contributed by atoms with E-state index >= 15 is 0 Å². The van der Waals surface area contributed by atoms with Gasteiger partial charge in [-0.25, -0.2) is 14.4 Å². The molecule has 0 radical (unpaired) electrons. The van der Waals surface area contributed by atoms with Gasteiger partial charge >= 0.3 is 17.9 Å². The van der Waals surface area contributed by atoms with E-state index in [4.69, 9.17) is 20.1 Å². The number of hydrogen-bond donors (Lipinski definition) is 3. The third-order valence-corrected chi connectivity index (χ3v) is 2.34. The molecular formula is C12H12O8. The molecule has 0 saturated heterocycles. The number of benzene rings is 1. The zero-order chi connectivity index (χ0) is 15.3. The Balaban J connectivity index is 2.85. The Labute approximate surface area is 113 Å². The smallest absolute Gasteiger partial charge is 0.348 e. The first-order valence-corrected chi connectivity index (χ1v) is 5.35. The van der Waals surface area contributed by atoms with Gasteiger partial charge < -0.3 is 24.8 Å². The lowest BCUT2D eigenvalue weighted by atomic mass is 10.2. The van der Waals surface area contributed by atoms with Gasteiger partial charge in [0.05, 0.1) is 12.7 Å². The number of aliphatic hydroxyl groups is 1. The molecule has 0 aromatic heterocycles. The van der Waals surface area contributed by atoms with Crippen LogP contribution in [0.2, 0.25) is 0 Å². The van der Waals surface area contributed by atoms with Gasteiger partial charge in [0.15, 0.2) is 6.10 Å². The van der Waals surface area contributed by atoms with Crippen molar-refractivity contribution >= 4 is 17.9 Å². The summed E-state index contributed by atoms with van der Waals surface area (Å²) in [6.07, 6.45) is -4.54. The molecular weight excluding hydrogens is 272 g/mol. The molecule has 8 nitrogen and oxygen atoms in total. The van der Waals surface area contributed by atoms with Gasteiger partial charge in [-0.1, -0.05) is 0 Å². The van der Waals surface area contributed by atoms with E-state index in [-0.39, 0.29) is 5.56 Å². The number of aliphatic hydroxyl groups excluding tert-OH is 1. The highest BCUT2D eigenvalue weighted by Crippen LogP contribution is 2.13. The maximum Gasteiger partial charge on any atom is 0.348 e. The molecule has 20 heavy (non-hydrogen) atoms. The Hall–Kier alpha value is -2.61. The fourth-order valence-electron chi connectivity index (χ4n) is 1.29. The molecule has 1 aromatic rings. The van der Waals surface area contributed by atoms with Gasteiger partial charge in [0.1, 0.15) is 5.75 Å². The number of aliphatic carboxylic acids is 2. The lowest BCUT2D eigenvalue weighted by Crippen LogP contribution is -2.43. The summed E-state index contributed by atoms with van der Waals surface area (Å²) in [5.74, 6) is -4.16. The number of carbonyl (C=O) groups excluding carboxylic acids is 1. The van der Waals surface area contributed by atoms with Crippen molar-refractivity contribution in [2.75, 3.05) is 7.11 Å². The number of carboxylic acids is 2. The number of esters is 1. The van der Waals surface area contributed by atoms with Gasteiger partial charge in [0.25, 0.3) is 0 Å². The predicted molar refractivity (Wildman–Crippen MR) is 63.5 cm³/mol. The Morgan fingerprint density at radius 1 is 1.05 bits per heavy atom. The second-order valence-corrected chi connectivity index (χ2v) is 3.68. The lowest BCUT2D eigenvalue weighted by Gasteiger charge is -2.16. The molecule has 0 saturated carbocycles. The van der Waals surface area contributed by atoms with Crippen LogP contribution in [0.25, 0.3) is 0 Å². The standard InChI is InChI=1S/C12H12O8/c1-19-7-4-2-6(3-5-7)12(18)20-9(11(16)17)8(13)10(14)15/h2-5,8-9,13H,1H3,(H,14,15)(H,16,17). The number of rotatable bonds is 6. The average molecular weight is 284 g/mol. The van der Waals surface area contributed by atoms with Crippen LogP contribution in [0.3, 0.4) is 0 Å². The van der Waals surface area contributed by atoms with Crippen molar-refractivity contribution in [3.63, 3.8) is 0 Å². The minimum Gasteiger partial charge on any atom is -0.497 e. The van der Waals surface area contributed by atoms with E-state index in [2.05, 4.69) is 4.74 Å². The Morgan fingerprint density at radius 2 is 1.60 bits per heavy atom. The average Bonchev–Trinajstić information content (AvgIpc) is 2.43. The maximum atomic E-state index is 11.7. The number of carboxylic acid groups (broad SMARTS) is 2. The molecule has 1 rings (SSSR count). The van der Waals surface area contributed by atoms with Crippen molar-refractivity contribution in [3.8, 4) is 5.75 Å². The van der Waals surface area contributed by atoms with Gasteiger partial charge in [0.2, 0.25) is 6.10 Å². The second kappa shape index (κ2) is 6.53. The highest BCUT2D eigenvalue weighted by molar-refractivity contribution is 5.92. The zero-order valence-corrected chi connectivity index (χ0v) is 10.3. The van der Waals surface area contributed by atoms with E-state index in [1.807, 2.05) is 0 Å². The molecule has 0 aliphatic rings. The van der Waals surface area contributed by atoms with Gasteiger partial charge in [0, 0.05) is 0 Å². The van der Waals surface area contributed by atoms with Gasteiger partial charge in [-0.15, -0.1) is 0 Å². The fourth-order valence-corrected chi connectivity index (χ4v) is 1.29. The summed E-state index contributed by atoms with van der Waals surface area (Å²) in [6, 6.07) is 5.51. The van der Waals surface area contributed by atoms with E-state index < -0.39 is 30.1 Å². The Morgan fingerprint density at radius 3 is 2.00 bits per heavy atom. The van der Waals surface area contributed by atoms with E-state index in [1.54, 1.807) is 0 Å². The lowest BCUT2D eigenvalue weighted by molar-refractivity contribution is -0.166. The van der Waals surface area contributed by atoms with Gasteiger partial charge in [-0.05, 0) is 24.3 Å². The fraction of sp³-hybridized carbons (Fsp3) is 0.250. The minimum absolute atomic E-state index is 0.00496. The minimum atomic E-state index is -2.35. The van der Waals surface area contributed by atoms with Crippen LogP contribution in [-0.2, 0) is 14.3 Å². The summed E-state index contributed by atoms with van der Waals surface area (Å²) in [4.78, 5) is 33.0. The molecule has 3 N–H and O–H groups in total. The summed E-state index contributed by atoms with van der Waals surface area (Å²) in [5, 5.41) is 26.4. The number of hydrogen-bond acceptors (Lipinski definition) is 6. The summed E-state index contributed by atoms with van der Waals surface area (Å²) >= 11 is 0. The van der Waals surface area contributed by atoms with Crippen LogP contribution in [-0.4, -0.2) is 52.5 Å². The van der Waals surface area contributed by atoms with E-state index in [9.17, 15) is 14.4 Å². The van der Waals surface area contributed by atoms with Crippen LogP contribution in [0.1, 0.15) is 10.4 Å². The number of ether oxygens (including phenoxy) is 2. The highest BCUT2D eigenvalue weighted by atomic mass is 16.6. The molecule has 0 bridgehead atoms. The normalized spacial score (nSPS) is 13.1. The van der Waals surface area contributed by atoms with Crippen molar-refractivity contribution in [2.24, 2.45) is 0 Å². The van der Waals surface area contributed by atoms with Crippen LogP contribution in [0.15, 0.2) is 24.3 Å². The van der Waals surface area contributed by atoms with Crippen molar-refractivity contribution in [1.82, 2.24) is 0 Å². The topological polar surface area (TPSA) is 130 Å². The molecule has 1 aromatic carbocycles. The Kier molecular flexibility index (Phi) is 5.04. The molecule has 0 amide bonds. The SMILES string of the molecule is COc1ccc(C(=O)OC(C(=O)O)C(O)C(=O)O)cc1. The van der Waals surface area contributed by atoms with Crippen LogP contribution in [0.5, 0.6) is 5.75 Å². The molecule has 108 valence electrons. The van der Waals surface area contributed by atoms with Crippen LogP contribution < -0.4 is 4.74 Å². The molecule has 2 unspecified atom stereocenters. The van der Waals surface area contributed by atoms with Gasteiger partial charge in [-0.2, -0.15) is 0 Å². The van der Waals surface area contributed by atoms with Crippen LogP contribution in [0, 0.1) is 0 Å². The maximum absolute atomic E-state index is 11.7. The summed E-state index contributed by atoms with van der Waals surface area (Å²) < 4.78 is 9.36. The van der Waals surface area contributed by atoms with Crippen LogP contribution >= 0.6 is 0 Å². The van der Waals surface area contributed by atoms with Crippen molar-refractivity contribution in [1.29, 1.82) is 0 Å². The zero-order valence-electron chi connectivity index (χ0n) is 10.3. The van der Waals surface area contributed by atoms with E-state index in [0.717, 1.165) is 0 Å². The largest absolute Gasteiger partial charge is 0.497 e. The second-order valence-electron chi connectivity index (χ2n) is 3.68. The van der Waals surface area contributed by atoms with E-state index in [1.165, 1.54) is 31.4 Å². The summed E-state index contributed by atoms with van der Waals surface area (Å²) in [6.45, 7) is 0. The summed E-state index contributed by atoms with van der Waals surface area (Å²) in [5.41, 5.74) is -0.00496. The van der Waals surface area contributed by atoms with Crippen molar-refractivity contribution in [2.45, 2.75) is 12.2 Å². The molecule has 8 heteroatoms. The molecule has 0 fully saturated rings. The predicted octanol–water partition coefficient (Wildman–Crippen LogP) is -0.249. The quantitative estimate of drug-likeness (QED) is 0.609.